The van der Waals surface area contributed by atoms with Crippen molar-refractivity contribution >= 4 is 29.3 Å². The van der Waals surface area contributed by atoms with Crippen molar-refractivity contribution in [1.82, 2.24) is 20.4 Å². The minimum absolute atomic E-state index is 0.0854. The quantitative estimate of drug-likeness (QED) is 0.290. The van der Waals surface area contributed by atoms with Crippen molar-refractivity contribution in [3.8, 4) is 11.8 Å². The summed E-state index contributed by atoms with van der Waals surface area (Å²) >= 11 is 0. The van der Waals surface area contributed by atoms with Gasteiger partial charge in [-0.25, -0.2) is 0 Å². The maximum atomic E-state index is 13.5. The Hall–Kier alpha value is -5.21. The van der Waals surface area contributed by atoms with Gasteiger partial charge in [-0.2, -0.15) is 5.26 Å². The van der Waals surface area contributed by atoms with Crippen molar-refractivity contribution in [2.45, 2.75) is 98.1 Å². The number of amides is 4. The fraction of sp³-hybridized carbons (Fsp3) is 0.477. The third kappa shape index (κ3) is 6.64. The van der Waals surface area contributed by atoms with E-state index >= 15 is 0 Å². The lowest BCUT2D eigenvalue weighted by atomic mass is 9.49. The number of hydrogen-bond donors (Lipinski definition) is 2. The molecule has 8 rings (SSSR count). The standard InChI is InChI=1S/C44H50N6O5/c1-26-18-34(11-8-29(26)21-45)55-42-43(2,3)41(44(42,4)5)47-38(52)28-6-9-33(10-7-28)49-16-14-27(15-17-49)22-48-23-30-19-32-25-50(36-12-13-37(51)46-39(36)53)40(54)35(32)20-31(30)24-48/h6-11,18-20,27,36,41-42H,12-17,22-25H2,1-5H3,(H,47,52)(H,46,51,53)/t36-,41?,42?/m0/s1. The molecule has 1 atom stereocenters. The van der Waals surface area contributed by atoms with Gasteiger partial charge in [-0.15, -0.1) is 0 Å². The Kier molecular flexibility index (Phi) is 9.24. The summed E-state index contributed by atoms with van der Waals surface area (Å²) in [4.78, 5) is 57.4. The van der Waals surface area contributed by atoms with E-state index in [4.69, 9.17) is 4.74 Å². The van der Waals surface area contributed by atoms with Crippen molar-refractivity contribution < 1.29 is 23.9 Å². The van der Waals surface area contributed by atoms with Crippen molar-refractivity contribution in [1.29, 1.82) is 5.26 Å². The number of carbonyl (C=O) groups excluding carboxylic acids is 4. The number of imide groups is 1. The molecule has 1 aliphatic carbocycles. The van der Waals surface area contributed by atoms with Gasteiger partial charge in [0.05, 0.1) is 11.6 Å². The summed E-state index contributed by atoms with van der Waals surface area (Å²) in [5.41, 5.74) is 6.79. The Bertz CT molecular complexity index is 2100. The van der Waals surface area contributed by atoms with E-state index < -0.39 is 6.04 Å². The monoisotopic (exact) mass is 742 g/mol. The first kappa shape index (κ1) is 36.8. The van der Waals surface area contributed by atoms with Crippen LogP contribution in [0.2, 0.25) is 0 Å². The summed E-state index contributed by atoms with van der Waals surface area (Å²) < 4.78 is 6.47. The highest BCUT2D eigenvalue weighted by Crippen LogP contribution is 2.55. The summed E-state index contributed by atoms with van der Waals surface area (Å²) in [7, 11) is 0. The van der Waals surface area contributed by atoms with Crippen LogP contribution in [-0.4, -0.2) is 71.3 Å². The van der Waals surface area contributed by atoms with E-state index in [9.17, 15) is 24.4 Å². The molecule has 5 aliphatic rings. The Morgan fingerprint density at radius 3 is 2.25 bits per heavy atom. The molecule has 4 amide bonds. The highest BCUT2D eigenvalue weighted by molar-refractivity contribution is 6.05. The lowest BCUT2D eigenvalue weighted by Gasteiger charge is -2.63. The van der Waals surface area contributed by atoms with E-state index in [1.165, 1.54) is 11.1 Å². The molecule has 4 aliphatic heterocycles. The van der Waals surface area contributed by atoms with Crippen LogP contribution in [0.1, 0.15) is 102 Å². The van der Waals surface area contributed by atoms with Gasteiger partial charge in [0.25, 0.3) is 11.8 Å². The van der Waals surface area contributed by atoms with E-state index in [-0.39, 0.29) is 53.0 Å². The first-order valence-electron chi connectivity index (χ1n) is 19.6. The summed E-state index contributed by atoms with van der Waals surface area (Å²) in [6.45, 7) is 15.5. The predicted molar refractivity (Wildman–Crippen MR) is 207 cm³/mol. The maximum absolute atomic E-state index is 13.5. The third-order valence-electron chi connectivity index (χ3n) is 12.9. The summed E-state index contributed by atoms with van der Waals surface area (Å²) in [6.07, 6.45) is 2.68. The summed E-state index contributed by atoms with van der Waals surface area (Å²) in [5, 5.41) is 15.0. The van der Waals surface area contributed by atoms with Crippen LogP contribution >= 0.6 is 0 Å². The van der Waals surface area contributed by atoms with E-state index in [1.54, 1.807) is 11.0 Å². The highest BCUT2D eigenvalue weighted by Gasteiger charge is 2.64. The lowest BCUT2D eigenvalue weighted by Crippen LogP contribution is -2.74. The first-order chi connectivity index (χ1) is 26.2. The van der Waals surface area contributed by atoms with Gasteiger partial charge >= 0.3 is 0 Å². The third-order valence-corrected chi connectivity index (χ3v) is 12.9. The van der Waals surface area contributed by atoms with Crippen LogP contribution in [0.5, 0.6) is 5.75 Å². The molecule has 55 heavy (non-hydrogen) atoms. The molecule has 11 nitrogen and oxygen atoms in total. The van der Waals surface area contributed by atoms with Crippen molar-refractivity contribution in [2.75, 3.05) is 24.5 Å². The van der Waals surface area contributed by atoms with Crippen LogP contribution < -0.4 is 20.3 Å². The molecule has 2 N–H and O–H groups in total. The largest absolute Gasteiger partial charge is 0.489 e. The average molecular weight is 743 g/mol. The molecule has 286 valence electrons. The number of hydrogen-bond acceptors (Lipinski definition) is 8. The second kappa shape index (κ2) is 13.8. The number of aryl methyl sites for hydroxylation is 1. The van der Waals surface area contributed by atoms with Gasteiger partial charge in [0.2, 0.25) is 11.8 Å². The Balaban J connectivity index is 0.812. The van der Waals surface area contributed by atoms with Crippen LogP contribution in [0.3, 0.4) is 0 Å². The molecule has 0 bridgehead atoms. The molecule has 0 unspecified atom stereocenters. The SMILES string of the molecule is Cc1cc(OC2C(C)(C)C(NC(=O)c3ccc(N4CCC(CN5Cc6cc7c(cc6C5)C(=O)N([C@H]5CCC(=O)NC5=O)C7)CC4)cc3)C2(C)C)ccc1C#N. The number of piperidine rings is 2. The molecule has 11 heteroatoms. The molecule has 0 aromatic heterocycles. The Morgan fingerprint density at radius 1 is 0.909 bits per heavy atom. The molecule has 2 saturated heterocycles. The van der Waals surface area contributed by atoms with Crippen molar-refractivity contribution in [3.63, 3.8) is 0 Å². The number of benzene rings is 3. The second-order valence-electron chi connectivity index (χ2n) is 17.5. The van der Waals surface area contributed by atoms with Gasteiger partial charge in [0.15, 0.2) is 0 Å². The number of nitriles is 1. The summed E-state index contributed by atoms with van der Waals surface area (Å²) in [6, 6.07) is 19.2. The molecule has 0 spiro atoms. The van der Waals surface area contributed by atoms with Crippen LogP contribution in [-0.2, 0) is 29.2 Å². The van der Waals surface area contributed by atoms with Crippen LogP contribution in [0, 0.1) is 35.0 Å². The van der Waals surface area contributed by atoms with Crippen molar-refractivity contribution in [2.24, 2.45) is 16.7 Å². The number of ether oxygens (including phenoxy) is 1. The molecule has 3 aromatic carbocycles. The zero-order chi connectivity index (χ0) is 38.8. The van der Waals surface area contributed by atoms with Gasteiger partial charge in [-0.3, -0.25) is 29.4 Å². The minimum Gasteiger partial charge on any atom is -0.489 e. The number of anilines is 1. The smallest absolute Gasteiger partial charge is 0.255 e. The van der Waals surface area contributed by atoms with E-state index in [0.29, 0.717) is 35.6 Å². The van der Waals surface area contributed by atoms with Gasteiger partial charge in [0.1, 0.15) is 17.9 Å². The van der Waals surface area contributed by atoms with Gasteiger partial charge in [0, 0.05) is 79.4 Å². The second-order valence-corrected chi connectivity index (χ2v) is 17.5. The number of nitrogens with zero attached hydrogens (tertiary/aromatic N) is 4. The Labute approximate surface area is 323 Å². The summed E-state index contributed by atoms with van der Waals surface area (Å²) in [5.74, 6) is 0.458. The molecular formula is C44H50N6O5. The number of nitrogens with one attached hydrogen (secondary N) is 2. The number of rotatable bonds is 8. The fourth-order valence-electron chi connectivity index (χ4n) is 10.2. The van der Waals surface area contributed by atoms with Crippen LogP contribution in [0.25, 0.3) is 0 Å². The zero-order valence-corrected chi connectivity index (χ0v) is 32.4. The fourth-order valence-corrected chi connectivity index (χ4v) is 10.2. The number of carbonyl (C=O) groups is 4. The lowest BCUT2D eigenvalue weighted by molar-refractivity contribution is -0.164. The molecular weight excluding hydrogens is 693 g/mol. The topological polar surface area (TPSA) is 135 Å². The molecule has 0 radical (unpaired) electrons. The maximum Gasteiger partial charge on any atom is 0.255 e. The molecule has 1 saturated carbocycles. The van der Waals surface area contributed by atoms with E-state index in [1.807, 2.05) is 37.3 Å². The molecule has 3 aromatic rings. The van der Waals surface area contributed by atoms with Gasteiger partial charge in [-0.1, -0.05) is 33.8 Å². The molecule has 4 heterocycles. The average Bonchev–Trinajstić information content (AvgIpc) is 3.70. The zero-order valence-electron chi connectivity index (χ0n) is 32.4. The predicted octanol–water partition coefficient (Wildman–Crippen LogP) is 5.47. The van der Waals surface area contributed by atoms with Crippen LogP contribution in [0.15, 0.2) is 54.6 Å². The van der Waals surface area contributed by atoms with Crippen molar-refractivity contribution in [3.05, 3.63) is 93.5 Å². The van der Waals surface area contributed by atoms with Crippen LogP contribution in [0.4, 0.5) is 5.69 Å². The highest BCUT2D eigenvalue weighted by atomic mass is 16.5. The van der Waals surface area contributed by atoms with E-state index in [0.717, 1.165) is 68.1 Å². The molecule has 3 fully saturated rings. The normalized spacial score (nSPS) is 24.4. The van der Waals surface area contributed by atoms with Gasteiger partial charge in [-0.05, 0) is 103 Å². The minimum atomic E-state index is -0.591. The first-order valence-corrected chi connectivity index (χ1v) is 19.6. The van der Waals surface area contributed by atoms with E-state index in [2.05, 4.69) is 72.4 Å². The Morgan fingerprint density at radius 2 is 1.60 bits per heavy atom. The number of fused-ring (bicyclic) bond motifs is 2. The van der Waals surface area contributed by atoms with Gasteiger partial charge < -0.3 is 19.9 Å².